The lowest BCUT2D eigenvalue weighted by Crippen LogP contribution is -2.30. The van der Waals surface area contributed by atoms with Crippen LogP contribution in [-0.4, -0.2) is 37.2 Å². The number of unbranched alkanes of at least 4 members (excludes halogenated alkanes) is 43. The molecular weight excluding hydrogens is 973 g/mol. The number of carbonyl (C=O) groups excluding carboxylic acids is 3. The van der Waals surface area contributed by atoms with Crippen molar-refractivity contribution in [1.29, 1.82) is 0 Å². The summed E-state index contributed by atoms with van der Waals surface area (Å²) in [5, 5.41) is 0. The van der Waals surface area contributed by atoms with Crippen LogP contribution in [0.3, 0.4) is 0 Å². The summed E-state index contributed by atoms with van der Waals surface area (Å²) in [4.78, 5) is 38.5. The summed E-state index contributed by atoms with van der Waals surface area (Å²) in [5.41, 5.74) is 0. The summed E-state index contributed by atoms with van der Waals surface area (Å²) in [6.45, 7) is 6.58. The van der Waals surface area contributed by atoms with Crippen LogP contribution in [-0.2, 0) is 28.6 Å². The molecule has 0 bridgehead atoms. The number of allylic oxidation sites excluding steroid dienone is 10. The fraction of sp³-hybridized carbons (Fsp3) is 0.822. The molecule has 6 nitrogen and oxygen atoms in total. The monoisotopic (exact) mass is 1110 g/mol. The molecule has 6 heteroatoms. The molecule has 79 heavy (non-hydrogen) atoms. The van der Waals surface area contributed by atoms with E-state index in [0.717, 1.165) is 96.3 Å². The van der Waals surface area contributed by atoms with Crippen LogP contribution in [0.15, 0.2) is 60.8 Å². The van der Waals surface area contributed by atoms with Crippen LogP contribution in [0.1, 0.15) is 367 Å². The highest BCUT2D eigenvalue weighted by Crippen LogP contribution is 2.18. The van der Waals surface area contributed by atoms with Crippen molar-refractivity contribution in [3.63, 3.8) is 0 Å². The van der Waals surface area contributed by atoms with Gasteiger partial charge in [0.1, 0.15) is 13.2 Å². The SMILES string of the molecule is CC/C=C\C/C=C\C/C=C\C/C=C\CCCCCCCCC(=O)OC(COC(=O)CCCCCCCCCCCCC/C=C\CCCCCCCCCC)COC(=O)CCCCCCCCCCCCCCCCCCCCC. The van der Waals surface area contributed by atoms with Crippen LogP contribution < -0.4 is 0 Å². The summed E-state index contributed by atoms with van der Waals surface area (Å²) in [6, 6.07) is 0. The predicted octanol–water partition coefficient (Wildman–Crippen LogP) is 23.9. The lowest BCUT2D eigenvalue weighted by Gasteiger charge is -2.18. The summed E-state index contributed by atoms with van der Waals surface area (Å²) in [5.74, 6) is -0.867. The van der Waals surface area contributed by atoms with E-state index in [1.54, 1.807) is 0 Å². The van der Waals surface area contributed by atoms with Crippen molar-refractivity contribution in [2.75, 3.05) is 13.2 Å². The second-order valence-electron chi connectivity index (χ2n) is 23.4. The van der Waals surface area contributed by atoms with Crippen molar-refractivity contribution in [2.45, 2.75) is 374 Å². The van der Waals surface area contributed by atoms with Gasteiger partial charge in [-0.2, -0.15) is 0 Å². The number of ether oxygens (including phenoxy) is 3. The minimum Gasteiger partial charge on any atom is -0.462 e. The van der Waals surface area contributed by atoms with Crippen LogP contribution in [0, 0.1) is 0 Å². The predicted molar refractivity (Wildman–Crippen MR) is 344 cm³/mol. The van der Waals surface area contributed by atoms with Gasteiger partial charge in [-0.05, 0) is 83.5 Å². The fourth-order valence-electron chi connectivity index (χ4n) is 10.3. The van der Waals surface area contributed by atoms with E-state index in [4.69, 9.17) is 14.2 Å². The second kappa shape index (κ2) is 67.6. The molecular formula is C73H132O6. The van der Waals surface area contributed by atoms with E-state index in [2.05, 4.69) is 81.5 Å². The molecule has 0 radical (unpaired) electrons. The average Bonchev–Trinajstić information content (AvgIpc) is 3.45. The third-order valence-corrected chi connectivity index (χ3v) is 15.5. The topological polar surface area (TPSA) is 78.9 Å². The smallest absolute Gasteiger partial charge is 0.306 e. The molecule has 0 saturated carbocycles. The number of rotatable bonds is 64. The number of hydrogen-bond acceptors (Lipinski definition) is 6. The molecule has 0 fully saturated rings. The largest absolute Gasteiger partial charge is 0.462 e. The summed E-state index contributed by atoms with van der Waals surface area (Å²) in [6.07, 6.45) is 86.7. The lowest BCUT2D eigenvalue weighted by molar-refractivity contribution is -0.167. The van der Waals surface area contributed by atoms with Crippen molar-refractivity contribution in [1.82, 2.24) is 0 Å². The van der Waals surface area contributed by atoms with Gasteiger partial charge in [0.15, 0.2) is 6.10 Å². The van der Waals surface area contributed by atoms with Crippen LogP contribution in [0.2, 0.25) is 0 Å². The zero-order valence-corrected chi connectivity index (χ0v) is 52.9. The van der Waals surface area contributed by atoms with Gasteiger partial charge < -0.3 is 14.2 Å². The van der Waals surface area contributed by atoms with Crippen LogP contribution in [0.4, 0.5) is 0 Å². The van der Waals surface area contributed by atoms with Gasteiger partial charge in [0.05, 0.1) is 0 Å². The van der Waals surface area contributed by atoms with Crippen molar-refractivity contribution in [3.05, 3.63) is 60.8 Å². The highest BCUT2D eigenvalue weighted by molar-refractivity contribution is 5.71. The lowest BCUT2D eigenvalue weighted by atomic mass is 10.0. The second-order valence-corrected chi connectivity index (χ2v) is 23.4. The molecule has 460 valence electrons. The van der Waals surface area contributed by atoms with Crippen molar-refractivity contribution in [3.8, 4) is 0 Å². The van der Waals surface area contributed by atoms with E-state index in [9.17, 15) is 14.4 Å². The third-order valence-electron chi connectivity index (χ3n) is 15.5. The highest BCUT2D eigenvalue weighted by atomic mass is 16.6. The van der Waals surface area contributed by atoms with Gasteiger partial charge >= 0.3 is 17.9 Å². The van der Waals surface area contributed by atoms with Gasteiger partial charge in [-0.25, -0.2) is 0 Å². The Bertz CT molecular complexity index is 1410. The molecule has 0 aliphatic rings. The van der Waals surface area contributed by atoms with Crippen molar-refractivity contribution in [2.24, 2.45) is 0 Å². The number of esters is 3. The molecule has 0 heterocycles. The maximum atomic E-state index is 12.9. The van der Waals surface area contributed by atoms with E-state index in [1.807, 2.05) is 0 Å². The van der Waals surface area contributed by atoms with Gasteiger partial charge in [-0.15, -0.1) is 0 Å². The van der Waals surface area contributed by atoms with Crippen LogP contribution in [0.25, 0.3) is 0 Å². The van der Waals surface area contributed by atoms with E-state index in [0.29, 0.717) is 19.3 Å². The molecule has 0 amide bonds. The average molecular weight is 1110 g/mol. The Kier molecular flexibility index (Phi) is 65.1. The summed E-state index contributed by atoms with van der Waals surface area (Å²) >= 11 is 0. The van der Waals surface area contributed by atoms with Gasteiger partial charge in [-0.1, -0.05) is 326 Å². The molecule has 1 atom stereocenters. The van der Waals surface area contributed by atoms with Gasteiger partial charge in [0.2, 0.25) is 0 Å². The Balaban J connectivity index is 4.34. The highest BCUT2D eigenvalue weighted by Gasteiger charge is 2.19. The zero-order chi connectivity index (χ0) is 57.1. The molecule has 1 unspecified atom stereocenters. The maximum Gasteiger partial charge on any atom is 0.306 e. The fourth-order valence-corrected chi connectivity index (χ4v) is 10.3. The number of carbonyl (C=O) groups is 3. The Morgan fingerprint density at radius 3 is 0.785 bits per heavy atom. The molecule has 0 aromatic carbocycles. The minimum atomic E-state index is -0.782. The Morgan fingerprint density at radius 2 is 0.494 bits per heavy atom. The van der Waals surface area contributed by atoms with Crippen LogP contribution in [0.5, 0.6) is 0 Å². The van der Waals surface area contributed by atoms with Gasteiger partial charge in [0, 0.05) is 19.3 Å². The Hall–Kier alpha value is -2.89. The van der Waals surface area contributed by atoms with Crippen molar-refractivity contribution < 1.29 is 28.6 Å². The minimum absolute atomic E-state index is 0.0763. The van der Waals surface area contributed by atoms with E-state index in [1.165, 1.54) is 231 Å². The first kappa shape index (κ1) is 76.1. The molecule has 0 rings (SSSR count). The van der Waals surface area contributed by atoms with Crippen molar-refractivity contribution >= 4 is 17.9 Å². The van der Waals surface area contributed by atoms with Crippen LogP contribution >= 0.6 is 0 Å². The van der Waals surface area contributed by atoms with E-state index >= 15 is 0 Å². The molecule has 0 saturated heterocycles. The first-order valence-electron chi connectivity index (χ1n) is 34.8. The third kappa shape index (κ3) is 65.8. The molecule has 0 N–H and O–H groups in total. The number of hydrogen-bond donors (Lipinski definition) is 0. The maximum absolute atomic E-state index is 12.9. The van der Waals surface area contributed by atoms with Gasteiger partial charge in [-0.3, -0.25) is 14.4 Å². The first-order chi connectivity index (χ1) is 39.0. The molecule has 0 spiro atoms. The Morgan fingerprint density at radius 1 is 0.266 bits per heavy atom. The normalized spacial score (nSPS) is 12.4. The zero-order valence-electron chi connectivity index (χ0n) is 52.9. The summed E-state index contributed by atoms with van der Waals surface area (Å²) in [7, 11) is 0. The summed E-state index contributed by atoms with van der Waals surface area (Å²) < 4.78 is 17.0. The first-order valence-corrected chi connectivity index (χ1v) is 34.8. The quantitative estimate of drug-likeness (QED) is 0.0261. The molecule has 0 aromatic rings. The Labute approximate surface area is 491 Å². The van der Waals surface area contributed by atoms with E-state index < -0.39 is 6.10 Å². The molecule has 0 aromatic heterocycles. The molecule has 0 aliphatic heterocycles. The van der Waals surface area contributed by atoms with Gasteiger partial charge in [0.25, 0.3) is 0 Å². The standard InChI is InChI=1S/C73H132O6/c1-4-7-10-13-16-19-22-25-28-31-34-35-36-37-40-42-45-48-51-54-57-60-63-66-72(75)78-69-70(79-73(76)67-64-61-58-55-52-49-46-43-39-33-30-27-24-21-18-15-12-9-6-3)68-77-71(74)65-62-59-56-53-50-47-44-41-38-32-29-26-23-20-17-14-11-8-5-2/h9,12,18,21,27,30-31,34,39,43,70H,4-8,10-11,13-17,19-20,22-26,28-29,32-33,35-38,40-42,44-69H2,1-3H3/b12-9-,21-18-,30-27-,34-31-,43-39-. The molecule has 0 aliphatic carbocycles. The van der Waals surface area contributed by atoms with E-state index in [-0.39, 0.29) is 31.1 Å².